The summed E-state index contributed by atoms with van der Waals surface area (Å²) in [4.78, 5) is 15.1. The molecule has 2 N–H and O–H groups in total. The number of aliphatic hydroxyl groups excluding tert-OH is 1. The number of rotatable bonds is 8. The monoisotopic (exact) mass is 508 g/mol. The van der Waals surface area contributed by atoms with Gasteiger partial charge in [-0.15, -0.1) is 0 Å². The molecule has 1 saturated carbocycles. The number of methoxy groups -OCH3 is 1. The zero-order chi connectivity index (χ0) is 26.3. The van der Waals surface area contributed by atoms with Gasteiger partial charge in [-0.2, -0.15) is 9.97 Å². The summed E-state index contributed by atoms with van der Waals surface area (Å²) in [5.41, 5.74) is 0.716. The Morgan fingerprint density at radius 2 is 1.95 bits per heavy atom. The first-order chi connectivity index (χ1) is 17.8. The van der Waals surface area contributed by atoms with Gasteiger partial charge in [0.05, 0.1) is 18.6 Å². The molecular formula is C28H30F2N4O3. The third-order valence-electron chi connectivity index (χ3n) is 7.27. The van der Waals surface area contributed by atoms with Crippen LogP contribution in [0, 0.1) is 17.6 Å². The Morgan fingerprint density at radius 1 is 1.16 bits per heavy atom. The first kappa shape index (κ1) is 25.1. The molecule has 0 radical (unpaired) electrons. The average Bonchev–Trinajstić information content (AvgIpc) is 2.87. The number of fused-ring (bicyclic) bond motifs is 2. The van der Waals surface area contributed by atoms with E-state index < -0.39 is 11.6 Å². The summed E-state index contributed by atoms with van der Waals surface area (Å²) in [6.07, 6.45) is 5.33. The largest absolute Gasteiger partial charge is 0.508 e. The van der Waals surface area contributed by atoms with Crippen LogP contribution in [0.1, 0.15) is 38.2 Å². The number of ether oxygens (including phenoxy) is 1. The number of aromatic hydroxyl groups is 1. The van der Waals surface area contributed by atoms with E-state index in [1.54, 1.807) is 6.07 Å². The van der Waals surface area contributed by atoms with Crippen LogP contribution in [-0.2, 0) is 6.42 Å². The van der Waals surface area contributed by atoms with E-state index >= 15 is 4.39 Å². The number of aliphatic hydroxyl groups is 1. The lowest BCUT2D eigenvalue weighted by molar-refractivity contribution is 0.0386. The second-order valence-electron chi connectivity index (χ2n) is 9.74. The van der Waals surface area contributed by atoms with Crippen molar-refractivity contribution in [2.24, 2.45) is 5.92 Å². The lowest BCUT2D eigenvalue weighted by Crippen LogP contribution is -2.29. The number of nitrogens with zero attached hydrogens (tertiary/aromatic N) is 4. The van der Waals surface area contributed by atoms with Crippen molar-refractivity contribution in [2.45, 2.75) is 45.1 Å². The second kappa shape index (κ2) is 10.0. The minimum absolute atomic E-state index is 0.0218. The highest BCUT2D eigenvalue weighted by Crippen LogP contribution is 2.39. The molecule has 7 nitrogen and oxygen atoms in total. The molecule has 0 atom stereocenters. The molecule has 37 heavy (non-hydrogen) atoms. The molecule has 0 aliphatic heterocycles. The summed E-state index contributed by atoms with van der Waals surface area (Å²) >= 11 is 0. The molecule has 1 aliphatic carbocycles. The van der Waals surface area contributed by atoms with E-state index in [4.69, 9.17) is 4.74 Å². The maximum absolute atomic E-state index is 16.1. The first-order valence-corrected chi connectivity index (χ1v) is 12.5. The summed E-state index contributed by atoms with van der Waals surface area (Å²) in [5, 5.41) is 21.4. The van der Waals surface area contributed by atoms with Gasteiger partial charge >= 0.3 is 6.01 Å². The third-order valence-corrected chi connectivity index (χ3v) is 7.27. The molecule has 0 spiro atoms. The van der Waals surface area contributed by atoms with E-state index in [2.05, 4.69) is 15.0 Å². The van der Waals surface area contributed by atoms with Gasteiger partial charge < -0.3 is 19.8 Å². The highest BCUT2D eigenvalue weighted by Gasteiger charge is 2.27. The normalized spacial score (nSPS) is 17.2. The summed E-state index contributed by atoms with van der Waals surface area (Å²) in [5.74, 6) is -0.134. The number of halogens is 2. The van der Waals surface area contributed by atoms with Gasteiger partial charge in [0.25, 0.3) is 0 Å². The maximum Gasteiger partial charge on any atom is 0.318 e. The Hall–Kier alpha value is -3.59. The molecule has 2 aromatic carbocycles. The zero-order valence-electron chi connectivity index (χ0n) is 21.1. The SMILES string of the molecule is CCc1c(F)ccc2cc(O)cc(-c3ncc4c(N(C)CCCC5CC(O)C5)nc(OC)nc4c3F)c12. The highest BCUT2D eigenvalue weighted by molar-refractivity contribution is 6.01. The van der Waals surface area contributed by atoms with Crippen LogP contribution in [-0.4, -0.2) is 52.0 Å². The molecule has 2 aromatic heterocycles. The fraction of sp³-hybridized carbons (Fsp3) is 0.393. The molecule has 0 bridgehead atoms. The van der Waals surface area contributed by atoms with Crippen LogP contribution >= 0.6 is 0 Å². The van der Waals surface area contributed by atoms with Gasteiger partial charge in [0, 0.05) is 25.4 Å². The number of hydrogen-bond donors (Lipinski definition) is 2. The van der Waals surface area contributed by atoms with Gasteiger partial charge in [0.15, 0.2) is 5.82 Å². The van der Waals surface area contributed by atoms with Crippen molar-refractivity contribution in [2.75, 3.05) is 25.6 Å². The van der Waals surface area contributed by atoms with E-state index in [-0.39, 0.29) is 29.1 Å². The van der Waals surface area contributed by atoms with Crippen molar-refractivity contribution in [3.63, 3.8) is 0 Å². The van der Waals surface area contributed by atoms with E-state index in [1.165, 1.54) is 31.5 Å². The average molecular weight is 509 g/mol. The number of hydrogen-bond acceptors (Lipinski definition) is 7. The Balaban J connectivity index is 1.59. The van der Waals surface area contributed by atoms with Gasteiger partial charge in [-0.1, -0.05) is 13.0 Å². The van der Waals surface area contributed by atoms with E-state index in [1.807, 2.05) is 18.9 Å². The molecule has 0 unspecified atom stereocenters. The van der Waals surface area contributed by atoms with Crippen LogP contribution in [0.5, 0.6) is 11.8 Å². The maximum atomic E-state index is 16.1. The number of phenols is 1. The molecule has 1 aliphatic rings. The summed E-state index contributed by atoms with van der Waals surface area (Å²) in [6, 6.07) is 5.87. The fourth-order valence-electron chi connectivity index (χ4n) is 5.28. The van der Waals surface area contributed by atoms with E-state index in [0.29, 0.717) is 52.0 Å². The minimum Gasteiger partial charge on any atom is -0.508 e. The third kappa shape index (κ3) is 4.64. The Labute approximate surface area is 213 Å². The predicted molar refractivity (Wildman–Crippen MR) is 139 cm³/mol. The number of phenolic OH excluding ortho intramolecular Hbond substituents is 1. The molecule has 9 heteroatoms. The van der Waals surface area contributed by atoms with Gasteiger partial charge in [-0.25, -0.2) is 8.78 Å². The lowest BCUT2D eigenvalue weighted by Gasteiger charge is -2.32. The van der Waals surface area contributed by atoms with Crippen LogP contribution in [0.4, 0.5) is 14.6 Å². The molecule has 1 fully saturated rings. The topological polar surface area (TPSA) is 91.6 Å². The van der Waals surface area contributed by atoms with Crippen molar-refractivity contribution in [1.29, 1.82) is 0 Å². The summed E-state index contributed by atoms with van der Waals surface area (Å²) in [7, 11) is 3.30. The highest BCUT2D eigenvalue weighted by atomic mass is 19.1. The smallest absolute Gasteiger partial charge is 0.318 e. The van der Waals surface area contributed by atoms with Crippen LogP contribution in [0.25, 0.3) is 32.9 Å². The van der Waals surface area contributed by atoms with E-state index in [0.717, 1.165) is 25.7 Å². The Morgan fingerprint density at radius 3 is 2.65 bits per heavy atom. The van der Waals surface area contributed by atoms with Crippen molar-refractivity contribution in [3.8, 4) is 23.0 Å². The fourth-order valence-corrected chi connectivity index (χ4v) is 5.28. The lowest BCUT2D eigenvalue weighted by atomic mass is 9.79. The number of pyridine rings is 1. The van der Waals surface area contributed by atoms with Crippen molar-refractivity contribution < 1.29 is 23.7 Å². The molecule has 2 heterocycles. The van der Waals surface area contributed by atoms with Crippen LogP contribution in [0.2, 0.25) is 0 Å². The number of benzene rings is 2. The van der Waals surface area contributed by atoms with Crippen LogP contribution in [0.3, 0.4) is 0 Å². The molecule has 194 valence electrons. The Kier molecular flexibility index (Phi) is 6.81. The molecule has 5 rings (SSSR count). The molecule has 0 saturated heterocycles. The van der Waals surface area contributed by atoms with Crippen LogP contribution < -0.4 is 9.64 Å². The van der Waals surface area contributed by atoms with Crippen molar-refractivity contribution in [3.05, 3.63) is 47.7 Å². The van der Waals surface area contributed by atoms with Crippen molar-refractivity contribution >= 4 is 27.5 Å². The predicted octanol–water partition coefficient (Wildman–Crippen LogP) is 5.39. The summed E-state index contributed by atoms with van der Waals surface area (Å²) < 4.78 is 36.1. The van der Waals surface area contributed by atoms with Gasteiger partial charge in [-0.3, -0.25) is 4.98 Å². The molecular weight excluding hydrogens is 478 g/mol. The molecule has 0 amide bonds. The number of aryl methyl sites for hydroxylation is 1. The Bertz CT molecular complexity index is 1470. The van der Waals surface area contributed by atoms with Gasteiger partial charge in [0.1, 0.15) is 28.6 Å². The minimum atomic E-state index is -0.700. The second-order valence-corrected chi connectivity index (χ2v) is 9.74. The standard InChI is InChI=1S/C28H30F2N4O3/c1-4-19-22(29)8-7-16-12-18(36)13-20(23(16)19)25-24(30)26-21(14-31-25)27(33-28(32-26)37-3)34(2)9-5-6-15-10-17(35)11-15/h7-8,12-15,17,35-36H,4-6,9-11H2,1-3H3. The first-order valence-electron chi connectivity index (χ1n) is 12.5. The quantitative estimate of drug-likeness (QED) is 0.330. The van der Waals surface area contributed by atoms with E-state index in [9.17, 15) is 14.6 Å². The zero-order valence-corrected chi connectivity index (χ0v) is 21.1. The number of aromatic nitrogens is 3. The van der Waals surface area contributed by atoms with Gasteiger partial charge in [-0.05, 0) is 72.6 Å². The summed E-state index contributed by atoms with van der Waals surface area (Å²) in [6.45, 7) is 2.51. The molecule has 4 aromatic rings. The van der Waals surface area contributed by atoms with Crippen molar-refractivity contribution in [1.82, 2.24) is 15.0 Å². The van der Waals surface area contributed by atoms with Crippen LogP contribution in [0.15, 0.2) is 30.5 Å². The number of anilines is 1. The van der Waals surface area contributed by atoms with Gasteiger partial charge in [0.2, 0.25) is 0 Å².